The van der Waals surface area contributed by atoms with E-state index in [1.165, 1.54) is 12.2 Å². The Labute approximate surface area is 62.9 Å². The molecular weight excluding hydrogens is 184 g/mol. The second-order valence-electron chi connectivity index (χ2n) is 1.36. The second-order valence-corrected chi connectivity index (χ2v) is 1.36. The van der Waals surface area contributed by atoms with E-state index >= 15 is 0 Å². The van der Waals surface area contributed by atoms with Crippen molar-refractivity contribution in [3.05, 3.63) is 24.4 Å². The maximum absolute atomic E-state index is 10.2. The highest BCUT2D eigenvalue weighted by Crippen LogP contribution is 2.01. The topological polar surface area (TPSA) is 41.8 Å². The number of hydrogen-bond acceptors (Lipinski definition) is 2. The number of amides is 1. The molecule has 9 heavy (non-hydrogen) atoms. The molecule has 0 aliphatic carbocycles. The first-order chi connectivity index (χ1) is 3.79. The number of carbonyl (C=O) groups excluding carboxylic acids is 1. The van der Waals surface area contributed by atoms with Crippen LogP contribution in [0.1, 0.15) is 0 Å². The number of carbonyl (C=O) groups is 1. The van der Waals surface area contributed by atoms with Crippen molar-refractivity contribution in [3.8, 4) is 0 Å². The molecular formula is C5H5BrN2O. The van der Waals surface area contributed by atoms with E-state index in [-0.39, 0.29) is 22.9 Å². The van der Waals surface area contributed by atoms with Crippen molar-refractivity contribution < 1.29 is 4.79 Å². The van der Waals surface area contributed by atoms with Crippen molar-refractivity contribution in [1.82, 2.24) is 0 Å². The van der Waals surface area contributed by atoms with Gasteiger partial charge in [0.1, 0.15) is 0 Å². The first kappa shape index (κ1) is 8.23. The fourth-order valence-corrected chi connectivity index (χ4v) is 0.348. The Hall–Kier alpha value is -0.770. The lowest BCUT2D eigenvalue weighted by molar-refractivity contribution is -0.114. The Balaban J connectivity index is 0.000000640. The lowest BCUT2D eigenvalue weighted by atomic mass is 10.4. The Morgan fingerprint density at radius 1 is 1.33 bits per heavy atom. The Kier molecular flexibility index (Phi) is 3.01. The monoisotopic (exact) mass is 188 g/mol. The highest BCUT2D eigenvalue weighted by Gasteiger charge is 1.96. The number of azo groups is 1. The zero-order valence-corrected chi connectivity index (χ0v) is 6.29. The molecule has 0 aromatic carbocycles. The number of halogens is 1. The molecule has 0 saturated carbocycles. The Bertz CT molecular complexity index is 157. The zero-order valence-electron chi connectivity index (χ0n) is 4.57. The van der Waals surface area contributed by atoms with Crippen LogP contribution in [0.5, 0.6) is 0 Å². The molecule has 1 aliphatic heterocycles. The van der Waals surface area contributed by atoms with E-state index in [1.54, 1.807) is 0 Å². The molecule has 0 radical (unpaired) electrons. The van der Waals surface area contributed by atoms with Crippen LogP contribution in [-0.4, -0.2) is 5.91 Å². The van der Waals surface area contributed by atoms with Gasteiger partial charge < -0.3 is 0 Å². The zero-order chi connectivity index (χ0) is 5.98. The van der Waals surface area contributed by atoms with Crippen molar-refractivity contribution in [1.29, 1.82) is 0 Å². The molecule has 1 amide bonds. The van der Waals surface area contributed by atoms with E-state index in [9.17, 15) is 4.79 Å². The summed E-state index contributed by atoms with van der Waals surface area (Å²) in [5.74, 6) is -0.322. The van der Waals surface area contributed by atoms with Crippen LogP contribution in [0.4, 0.5) is 0 Å². The van der Waals surface area contributed by atoms with E-state index in [2.05, 4.69) is 16.8 Å². The average molecular weight is 189 g/mol. The average Bonchev–Trinajstić information content (AvgIpc) is 1.77. The molecule has 0 spiro atoms. The van der Waals surface area contributed by atoms with Gasteiger partial charge in [0, 0.05) is 6.08 Å². The molecule has 1 rings (SSSR count). The van der Waals surface area contributed by atoms with Crippen molar-refractivity contribution >= 4 is 22.9 Å². The van der Waals surface area contributed by atoms with Gasteiger partial charge >= 0.3 is 0 Å². The maximum atomic E-state index is 10.2. The summed E-state index contributed by atoms with van der Waals surface area (Å²) in [5, 5.41) is 6.62. The van der Waals surface area contributed by atoms with Crippen molar-refractivity contribution in [3.63, 3.8) is 0 Å². The lowest BCUT2D eigenvalue weighted by Crippen LogP contribution is -1.88. The van der Waals surface area contributed by atoms with Gasteiger partial charge in [0.25, 0.3) is 5.91 Å². The Morgan fingerprint density at radius 3 is 2.33 bits per heavy atom. The van der Waals surface area contributed by atoms with Crippen LogP contribution in [0, 0.1) is 0 Å². The van der Waals surface area contributed by atoms with Gasteiger partial charge in [-0.3, -0.25) is 4.79 Å². The molecule has 0 atom stereocenters. The second kappa shape index (κ2) is 3.29. The molecule has 0 bridgehead atoms. The van der Waals surface area contributed by atoms with Crippen molar-refractivity contribution in [2.45, 2.75) is 0 Å². The van der Waals surface area contributed by atoms with Crippen LogP contribution in [0.15, 0.2) is 34.7 Å². The SMILES string of the molecule is Br.C=C1C=CC(=O)N=N1. The lowest BCUT2D eigenvalue weighted by Gasteiger charge is -1.90. The summed E-state index contributed by atoms with van der Waals surface area (Å²) in [6, 6.07) is 0. The molecule has 0 N–H and O–H groups in total. The molecule has 0 saturated heterocycles. The summed E-state index contributed by atoms with van der Waals surface area (Å²) in [6.45, 7) is 3.45. The van der Waals surface area contributed by atoms with Crippen LogP contribution in [0.25, 0.3) is 0 Å². The minimum Gasteiger partial charge on any atom is -0.266 e. The van der Waals surface area contributed by atoms with E-state index in [4.69, 9.17) is 0 Å². The van der Waals surface area contributed by atoms with Crippen molar-refractivity contribution in [2.75, 3.05) is 0 Å². The van der Waals surface area contributed by atoms with Crippen LogP contribution in [-0.2, 0) is 4.79 Å². The van der Waals surface area contributed by atoms with Gasteiger partial charge in [-0.25, -0.2) is 0 Å². The molecule has 1 aliphatic rings. The fourth-order valence-electron chi connectivity index (χ4n) is 0.348. The number of hydrogen-bond donors (Lipinski definition) is 0. The molecule has 0 unspecified atom stereocenters. The van der Waals surface area contributed by atoms with Gasteiger partial charge in [-0.1, -0.05) is 6.58 Å². The van der Waals surface area contributed by atoms with Gasteiger partial charge in [0.15, 0.2) is 0 Å². The summed E-state index contributed by atoms with van der Waals surface area (Å²) in [5.41, 5.74) is 0.518. The third-order valence-corrected chi connectivity index (χ3v) is 0.695. The van der Waals surface area contributed by atoms with E-state index in [0.717, 1.165) is 0 Å². The molecule has 1 heterocycles. The maximum Gasteiger partial charge on any atom is 0.288 e. The smallest absolute Gasteiger partial charge is 0.266 e. The first-order valence-corrected chi connectivity index (χ1v) is 2.12. The van der Waals surface area contributed by atoms with Crippen LogP contribution < -0.4 is 0 Å². The highest BCUT2D eigenvalue weighted by atomic mass is 79.9. The van der Waals surface area contributed by atoms with Gasteiger partial charge in [0.2, 0.25) is 0 Å². The minimum absolute atomic E-state index is 0. The van der Waals surface area contributed by atoms with Gasteiger partial charge in [-0.05, 0) is 6.08 Å². The Morgan fingerprint density at radius 2 is 2.00 bits per heavy atom. The molecule has 4 heteroatoms. The summed E-state index contributed by atoms with van der Waals surface area (Å²) >= 11 is 0. The summed E-state index contributed by atoms with van der Waals surface area (Å²) < 4.78 is 0. The van der Waals surface area contributed by atoms with Gasteiger partial charge in [-0.2, -0.15) is 0 Å². The summed E-state index contributed by atoms with van der Waals surface area (Å²) in [6.07, 6.45) is 2.85. The molecule has 48 valence electrons. The van der Waals surface area contributed by atoms with Gasteiger partial charge in [-0.15, -0.1) is 27.2 Å². The van der Waals surface area contributed by atoms with Gasteiger partial charge in [0.05, 0.1) is 5.70 Å². The summed E-state index contributed by atoms with van der Waals surface area (Å²) in [7, 11) is 0. The number of rotatable bonds is 0. The predicted molar refractivity (Wildman–Crippen MR) is 38.5 cm³/mol. The van der Waals surface area contributed by atoms with E-state index in [0.29, 0.717) is 5.70 Å². The molecule has 3 nitrogen and oxygen atoms in total. The quantitative estimate of drug-likeness (QED) is 0.570. The standard InChI is InChI=1S/C5H4N2O.BrH/c1-4-2-3-5(8)7-6-4;/h2-3H,1H2;1H. The highest BCUT2D eigenvalue weighted by molar-refractivity contribution is 8.93. The summed E-state index contributed by atoms with van der Waals surface area (Å²) in [4.78, 5) is 10.2. The third kappa shape index (κ3) is 2.32. The normalized spacial score (nSPS) is 15.6. The third-order valence-electron chi connectivity index (χ3n) is 0.695. The van der Waals surface area contributed by atoms with Crippen LogP contribution >= 0.6 is 17.0 Å². The number of nitrogens with zero attached hydrogens (tertiary/aromatic N) is 2. The fraction of sp³-hybridized carbons (Fsp3) is 0. The molecule has 0 fully saturated rings. The van der Waals surface area contributed by atoms with Crippen LogP contribution in [0.2, 0.25) is 0 Å². The number of allylic oxidation sites excluding steroid dienone is 1. The largest absolute Gasteiger partial charge is 0.288 e. The van der Waals surface area contributed by atoms with Crippen molar-refractivity contribution in [2.24, 2.45) is 10.2 Å². The molecule has 0 aromatic heterocycles. The van der Waals surface area contributed by atoms with E-state index in [1.807, 2.05) is 0 Å². The van der Waals surface area contributed by atoms with Crippen LogP contribution in [0.3, 0.4) is 0 Å². The van der Waals surface area contributed by atoms with E-state index < -0.39 is 0 Å². The molecule has 0 aromatic rings. The minimum atomic E-state index is -0.322. The first-order valence-electron chi connectivity index (χ1n) is 2.12. The predicted octanol–water partition coefficient (Wildman–Crippen LogP) is 1.63.